The van der Waals surface area contributed by atoms with Crippen LogP contribution in [0, 0.1) is 5.82 Å². The molecular weight excluding hydrogens is 435 g/mol. The molecule has 1 aliphatic rings. The summed E-state index contributed by atoms with van der Waals surface area (Å²) in [5.41, 5.74) is 5.14. The zero-order chi connectivity index (χ0) is 24.3. The fourth-order valence-electron chi connectivity index (χ4n) is 3.64. The Kier molecular flexibility index (Phi) is 6.90. The number of rotatable bonds is 8. The molecule has 3 aromatic rings. The number of nitrogens with zero attached hydrogens (tertiary/aromatic N) is 3. The molecule has 0 radical (unpaired) electrons. The molecule has 34 heavy (non-hydrogen) atoms. The zero-order valence-corrected chi connectivity index (χ0v) is 19.8. The first-order valence-corrected chi connectivity index (χ1v) is 11.2. The van der Waals surface area contributed by atoms with Crippen molar-refractivity contribution < 1.29 is 18.7 Å². The monoisotopic (exact) mass is 464 g/mol. The van der Waals surface area contributed by atoms with E-state index in [1.54, 1.807) is 24.4 Å². The van der Waals surface area contributed by atoms with Crippen LogP contribution in [0.2, 0.25) is 0 Å². The van der Waals surface area contributed by atoms with Gasteiger partial charge in [0.25, 0.3) is 0 Å². The van der Waals surface area contributed by atoms with Crippen molar-refractivity contribution in [1.29, 1.82) is 0 Å². The maximum Gasteiger partial charge on any atom is 0.322 e. The largest absolute Gasteiger partial charge is 0.460 e. The summed E-state index contributed by atoms with van der Waals surface area (Å²) in [6, 6.07) is 15.7. The number of likely N-dealkylation sites (N-methyl/N-ethyl adjacent to an activating group) is 1. The predicted octanol–water partition coefficient (Wildman–Crippen LogP) is 4.59. The minimum absolute atomic E-state index is 0.0533. The highest BCUT2D eigenvalue weighted by Crippen LogP contribution is 2.30. The van der Waals surface area contributed by atoms with E-state index in [1.165, 1.54) is 17.7 Å². The van der Waals surface area contributed by atoms with Gasteiger partial charge in [-0.3, -0.25) is 4.79 Å². The number of ether oxygens (including phenoxy) is 2. The van der Waals surface area contributed by atoms with E-state index in [2.05, 4.69) is 20.4 Å². The van der Waals surface area contributed by atoms with Crippen molar-refractivity contribution in [2.75, 3.05) is 7.05 Å². The van der Waals surface area contributed by atoms with E-state index >= 15 is 0 Å². The van der Waals surface area contributed by atoms with Crippen LogP contribution >= 0.6 is 0 Å². The molecular formula is C26H29FN4O3. The highest BCUT2D eigenvalue weighted by molar-refractivity contribution is 5.71. The maximum absolute atomic E-state index is 13.5. The highest BCUT2D eigenvalue weighted by Gasteiger charge is 2.28. The Labute approximate surface area is 198 Å². The van der Waals surface area contributed by atoms with Crippen molar-refractivity contribution in [2.45, 2.75) is 51.3 Å². The second kappa shape index (κ2) is 9.87. The SMILES string of the molecule is CN1NC1Cc1ccc(Oc2nccc(C(CC(=O)OC(C)(C)C)c3ccc(F)cc3)n2)cc1. The van der Waals surface area contributed by atoms with Crippen molar-refractivity contribution in [3.8, 4) is 11.8 Å². The molecule has 0 bridgehead atoms. The normalized spacial score (nSPS) is 18.3. The van der Waals surface area contributed by atoms with Gasteiger partial charge in [-0.2, -0.15) is 4.98 Å². The van der Waals surface area contributed by atoms with Crippen LogP contribution in [0.25, 0.3) is 0 Å². The van der Waals surface area contributed by atoms with Crippen molar-refractivity contribution >= 4 is 5.97 Å². The average Bonchev–Trinajstić information content (AvgIpc) is 3.47. The van der Waals surface area contributed by atoms with E-state index in [0.717, 1.165) is 12.0 Å². The van der Waals surface area contributed by atoms with E-state index in [1.807, 2.05) is 52.1 Å². The molecule has 2 aromatic carbocycles. The lowest BCUT2D eigenvalue weighted by atomic mass is 9.92. The highest BCUT2D eigenvalue weighted by atomic mass is 19.1. The Balaban J connectivity index is 1.52. The molecule has 2 heterocycles. The first-order valence-electron chi connectivity index (χ1n) is 11.2. The summed E-state index contributed by atoms with van der Waals surface area (Å²) < 4.78 is 24.9. The second-order valence-corrected chi connectivity index (χ2v) is 9.36. The number of carbonyl (C=O) groups excluding carboxylic acids is 1. The third kappa shape index (κ3) is 6.59. The van der Waals surface area contributed by atoms with Gasteiger partial charge in [-0.15, -0.1) is 0 Å². The van der Waals surface area contributed by atoms with Gasteiger partial charge in [0, 0.05) is 25.6 Å². The Bertz CT molecular complexity index is 1130. The van der Waals surface area contributed by atoms with Crippen LogP contribution in [0.4, 0.5) is 4.39 Å². The summed E-state index contributed by atoms with van der Waals surface area (Å²) in [7, 11) is 2.01. The molecule has 3 unspecified atom stereocenters. The third-order valence-corrected chi connectivity index (χ3v) is 5.39. The summed E-state index contributed by atoms with van der Waals surface area (Å²) in [5, 5.41) is 2.05. The van der Waals surface area contributed by atoms with Crippen LogP contribution in [0.1, 0.15) is 49.9 Å². The van der Waals surface area contributed by atoms with Gasteiger partial charge in [-0.05, 0) is 62.2 Å². The number of hydrazine groups is 1. The van der Waals surface area contributed by atoms with E-state index in [0.29, 0.717) is 17.6 Å². The van der Waals surface area contributed by atoms with Crippen LogP contribution < -0.4 is 10.2 Å². The zero-order valence-electron chi connectivity index (χ0n) is 19.8. The van der Waals surface area contributed by atoms with E-state index in [4.69, 9.17) is 9.47 Å². The summed E-state index contributed by atoms with van der Waals surface area (Å²) in [5.74, 6) is -0.539. The van der Waals surface area contributed by atoms with E-state index < -0.39 is 11.5 Å². The van der Waals surface area contributed by atoms with Crippen LogP contribution in [0.15, 0.2) is 60.8 Å². The molecule has 0 spiro atoms. The first-order chi connectivity index (χ1) is 16.2. The fraction of sp³-hybridized carbons (Fsp3) is 0.346. The minimum atomic E-state index is -0.610. The van der Waals surface area contributed by atoms with Gasteiger partial charge in [-0.25, -0.2) is 19.8 Å². The van der Waals surface area contributed by atoms with Crippen LogP contribution in [0.3, 0.4) is 0 Å². The average molecular weight is 465 g/mol. The van der Waals surface area contributed by atoms with Crippen molar-refractivity contribution in [3.05, 3.63) is 83.4 Å². The number of hydrogen-bond donors (Lipinski definition) is 1. The molecule has 1 saturated heterocycles. The molecule has 1 aliphatic heterocycles. The van der Waals surface area contributed by atoms with Crippen molar-refractivity contribution in [2.24, 2.45) is 0 Å². The van der Waals surface area contributed by atoms with E-state index in [-0.39, 0.29) is 24.2 Å². The van der Waals surface area contributed by atoms with Crippen molar-refractivity contribution in [1.82, 2.24) is 20.4 Å². The Morgan fingerprint density at radius 2 is 1.79 bits per heavy atom. The van der Waals surface area contributed by atoms with Gasteiger partial charge in [0.2, 0.25) is 0 Å². The van der Waals surface area contributed by atoms with Crippen molar-refractivity contribution in [3.63, 3.8) is 0 Å². The van der Waals surface area contributed by atoms with Crippen LogP contribution in [-0.4, -0.2) is 39.8 Å². The number of benzene rings is 2. The van der Waals surface area contributed by atoms with Crippen LogP contribution in [0.5, 0.6) is 11.8 Å². The van der Waals surface area contributed by atoms with Gasteiger partial charge in [0.1, 0.15) is 17.2 Å². The summed E-state index contributed by atoms with van der Waals surface area (Å²) >= 11 is 0. The van der Waals surface area contributed by atoms with Gasteiger partial charge in [-0.1, -0.05) is 24.3 Å². The number of esters is 1. The molecule has 4 rings (SSSR count). The number of halogens is 1. The Morgan fingerprint density at radius 1 is 1.12 bits per heavy atom. The van der Waals surface area contributed by atoms with Gasteiger partial charge < -0.3 is 9.47 Å². The summed E-state index contributed by atoms with van der Waals surface area (Å²) in [6.07, 6.45) is 2.93. The molecule has 0 aliphatic carbocycles. The molecule has 7 nitrogen and oxygen atoms in total. The number of hydrogen-bond acceptors (Lipinski definition) is 7. The summed E-state index contributed by atoms with van der Waals surface area (Å²) in [4.78, 5) is 21.4. The molecule has 1 fully saturated rings. The lowest BCUT2D eigenvalue weighted by Gasteiger charge is -2.22. The second-order valence-electron chi connectivity index (χ2n) is 9.36. The molecule has 1 aromatic heterocycles. The molecule has 8 heteroatoms. The first kappa shape index (κ1) is 23.8. The van der Waals surface area contributed by atoms with Gasteiger partial charge in [0.15, 0.2) is 0 Å². The molecule has 0 saturated carbocycles. The Morgan fingerprint density at radius 3 is 2.41 bits per heavy atom. The lowest BCUT2D eigenvalue weighted by Crippen LogP contribution is -2.25. The fourth-order valence-corrected chi connectivity index (χ4v) is 3.64. The topological polar surface area (TPSA) is 86.3 Å². The molecule has 3 atom stereocenters. The number of carbonyl (C=O) groups is 1. The van der Waals surface area contributed by atoms with Gasteiger partial charge >= 0.3 is 12.0 Å². The lowest BCUT2D eigenvalue weighted by molar-refractivity contribution is -0.155. The number of aromatic nitrogens is 2. The number of nitrogens with one attached hydrogen (secondary N) is 1. The maximum atomic E-state index is 13.5. The van der Waals surface area contributed by atoms with Gasteiger partial charge in [0.05, 0.1) is 18.3 Å². The minimum Gasteiger partial charge on any atom is -0.460 e. The molecule has 178 valence electrons. The van der Waals surface area contributed by atoms with Crippen LogP contribution in [-0.2, 0) is 16.0 Å². The third-order valence-electron chi connectivity index (χ3n) is 5.39. The molecule has 0 amide bonds. The summed E-state index contributed by atoms with van der Waals surface area (Å²) in [6.45, 7) is 5.46. The van der Waals surface area contributed by atoms with E-state index in [9.17, 15) is 9.18 Å². The Hall–Kier alpha value is -3.36. The standard InChI is InChI=1S/C26H29FN4O3/c1-26(2,3)34-24(32)16-21(18-7-9-19(27)10-8-18)22-13-14-28-25(29-22)33-20-11-5-17(6-12-20)15-23-30-31(23)4/h5-14,21,23,30H,15-16H2,1-4H3. The smallest absolute Gasteiger partial charge is 0.322 e. The molecule has 1 N–H and O–H groups in total. The predicted molar refractivity (Wildman–Crippen MR) is 126 cm³/mol. The quantitative estimate of drug-likeness (QED) is 0.385.